The first-order chi connectivity index (χ1) is 15.0. The van der Waals surface area contributed by atoms with Gasteiger partial charge in [0.05, 0.1) is 17.1 Å². The van der Waals surface area contributed by atoms with Crippen molar-refractivity contribution < 1.29 is 4.55 Å². The van der Waals surface area contributed by atoms with Crippen LogP contribution in [-0.4, -0.2) is 19.3 Å². The molecule has 0 saturated carbocycles. The SMILES string of the molecule is Cc1nn(C)c(C)c1N[S+](O)c1ccc(CNc2ccc(-c3ccccn3)cc2)cc1. The van der Waals surface area contributed by atoms with E-state index in [0.717, 1.165) is 44.5 Å². The first-order valence-electron chi connectivity index (χ1n) is 10.1. The van der Waals surface area contributed by atoms with Crippen molar-refractivity contribution in [2.24, 2.45) is 7.05 Å². The summed E-state index contributed by atoms with van der Waals surface area (Å²) in [4.78, 5) is 5.22. The lowest BCUT2D eigenvalue weighted by atomic mass is 10.1. The van der Waals surface area contributed by atoms with Crippen LogP contribution in [0, 0.1) is 13.8 Å². The van der Waals surface area contributed by atoms with Gasteiger partial charge in [0, 0.05) is 31.0 Å². The van der Waals surface area contributed by atoms with Crippen molar-refractivity contribution in [1.82, 2.24) is 14.8 Å². The molecule has 0 fully saturated rings. The maximum atomic E-state index is 10.6. The number of hydrogen-bond acceptors (Lipinski definition) is 5. The van der Waals surface area contributed by atoms with E-state index >= 15 is 0 Å². The highest BCUT2D eigenvalue weighted by atomic mass is 32.2. The Morgan fingerprint density at radius 2 is 1.71 bits per heavy atom. The topological polar surface area (TPSA) is 75.0 Å². The first-order valence-corrected chi connectivity index (χ1v) is 11.2. The molecule has 4 rings (SSSR count). The standard InChI is InChI=1S/C24H26N5OS/c1-17-24(18(2)29(3)27-17)28-31(30)22-13-7-19(8-14-22)16-26-21-11-9-20(10-12-21)23-6-4-5-15-25-23/h4-15,26,28,30H,16H2,1-3H3/q+1. The maximum Gasteiger partial charge on any atom is 0.303 e. The fraction of sp³-hybridized carbons (Fsp3) is 0.167. The number of anilines is 2. The molecule has 0 aliphatic heterocycles. The number of hydrogen-bond donors (Lipinski definition) is 3. The minimum atomic E-state index is -1.09. The van der Waals surface area contributed by atoms with Gasteiger partial charge in [-0.3, -0.25) is 9.67 Å². The van der Waals surface area contributed by atoms with E-state index in [1.165, 1.54) is 0 Å². The van der Waals surface area contributed by atoms with Crippen molar-refractivity contribution in [2.45, 2.75) is 25.3 Å². The molecule has 0 radical (unpaired) electrons. The van der Waals surface area contributed by atoms with Crippen molar-refractivity contribution in [3.8, 4) is 11.3 Å². The molecule has 0 saturated heterocycles. The van der Waals surface area contributed by atoms with Gasteiger partial charge in [0.1, 0.15) is 5.69 Å². The van der Waals surface area contributed by atoms with Gasteiger partial charge in [0.25, 0.3) is 0 Å². The molecule has 2 aromatic carbocycles. The summed E-state index contributed by atoms with van der Waals surface area (Å²) in [6.07, 6.45) is 1.80. The van der Waals surface area contributed by atoms with Gasteiger partial charge in [0.15, 0.2) is 0 Å². The average molecular weight is 433 g/mol. The van der Waals surface area contributed by atoms with E-state index in [1.54, 1.807) is 6.20 Å². The summed E-state index contributed by atoms with van der Waals surface area (Å²) in [6.45, 7) is 4.62. The molecule has 7 heteroatoms. The third kappa shape index (κ3) is 4.90. The third-order valence-corrected chi connectivity index (χ3v) is 6.31. The van der Waals surface area contributed by atoms with E-state index in [9.17, 15) is 4.55 Å². The van der Waals surface area contributed by atoms with Crippen molar-refractivity contribution in [2.75, 3.05) is 10.0 Å². The maximum absolute atomic E-state index is 10.6. The van der Waals surface area contributed by atoms with Crippen molar-refractivity contribution >= 4 is 22.7 Å². The van der Waals surface area contributed by atoms with Crippen molar-refractivity contribution in [3.05, 3.63) is 89.9 Å². The molecular formula is C24H26N5OS+. The van der Waals surface area contributed by atoms with Crippen LogP contribution in [0.25, 0.3) is 11.3 Å². The van der Waals surface area contributed by atoms with E-state index in [1.807, 2.05) is 68.0 Å². The minimum absolute atomic E-state index is 0.705. The Balaban J connectivity index is 1.35. The average Bonchev–Trinajstić information content (AvgIpc) is 3.05. The van der Waals surface area contributed by atoms with Crippen LogP contribution < -0.4 is 10.0 Å². The summed E-state index contributed by atoms with van der Waals surface area (Å²) in [7, 11) is 1.90. The van der Waals surface area contributed by atoms with E-state index in [-0.39, 0.29) is 0 Å². The largest absolute Gasteiger partial charge is 0.381 e. The highest BCUT2D eigenvalue weighted by Crippen LogP contribution is 2.23. The molecular weight excluding hydrogens is 406 g/mol. The molecule has 158 valence electrons. The molecule has 1 atom stereocenters. The van der Waals surface area contributed by atoms with Crippen LogP contribution in [-0.2, 0) is 25.0 Å². The van der Waals surface area contributed by atoms with E-state index in [2.05, 4.69) is 44.4 Å². The second kappa shape index (κ2) is 9.24. The summed E-state index contributed by atoms with van der Waals surface area (Å²) in [5, 5.41) is 7.82. The zero-order chi connectivity index (χ0) is 21.8. The van der Waals surface area contributed by atoms with Crippen LogP contribution in [0.4, 0.5) is 11.4 Å². The van der Waals surface area contributed by atoms with Crippen LogP contribution in [0.3, 0.4) is 0 Å². The Labute approximate surface area is 185 Å². The Bertz CT molecular complexity index is 1140. The van der Waals surface area contributed by atoms with Crippen LogP contribution in [0.15, 0.2) is 77.8 Å². The van der Waals surface area contributed by atoms with Gasteiger partial charge in [0.2, 0.25) is 4.90 Å². The first kappa shape index (κ1) is 21.0. The molecule has 2 aromatic heterocycles. The molecule has 0 aliphatic carbocycles. The molecule has 0 aliphatic rings. The number of rotatable bonds is 7. The van der Waals surface area contributed by atoms with Gasteiger partial charge in [-0.2, -0.15) is 14.4 Å². The normalized spacial score (nSPS) is 11.9. The highest BCUT2D eigenvalue weighted by Gasteiger charge is 2.24. The number of benzene rings is 2. The number of pyridine rings is 1. The van der Waals surface area contributed by atoms with Crippen molar-refractivity contribution in [3.63, 3.8) is 0 Å². The molecule has 6 nitrogen and oxygen atoms in total. The molecule has 3 N–H and O–H groups in total. The smallest absolute Gasteiger partial charge is 0.303 e. The van der Waals surface area contributed by atoms with Crippen LogP contribution in [0.2, 0.25) is 0 Å². The van der Waals surface area contributed by atoms with E-state index < -0.39 is 11.4 Å². The fourth-order valence-corrected chi connectivity index (χ4v) is 4.31. The molecule has 0 amide bonds. The van der Waals surface area contributed by atoms with Gasteiger partial charge < -0.3 is 5.32 Å². The van der Waals surface area contributed by atoms with Crippen LogP contribution in [0.1, 0.15) is 17.0 Å². The summed E-state index contributed by atoms with van der Waals surface area (Å²) >= 11 is -1.09. The zero-order valence-corrected chi connectivity index (χ0v) is 18.6. The number of aromatic nitrogens is 3. The minimum Gasteiger partial charge on any atom is -0.381 e. The molecule has 1 unspecified atom stereocenters. The predicted molar refractivity (Wildman–Crippen MR) is 128 cm³/mol. The third-order valence-electron chi connectivity index (χ3n) is 5.20. The second-order valence-corrected chi connectivity index (χ2v) is 8.59. The van der Waals surface area contributed by atoms with Gasteiger partial charge in [-0.15, -0.1) is 0 Å². The number of nitrogens with zero attached hydrogens (tertiary/aromatic N) is 3. The Morgan fingerprint density at radius 3 is 2.32 bits per heavy atom. The molecule has 2 heterocycles. The van der Waals surface area contributed by atoms with Gasteiger partial charge in [-0.1, -0.05) is 30.3 Å². The lowest BCUT2D eigenvalue weighted by molar-refractivity contribution is 0.644. The van der Waals surface area contributed by atoms with Crippen LogP contribution in [0.5, 0.6) is 0 Å². The number of nitrogens with one attached hydrogen (secondary N) is 2. The summed E-state index contributed by atoms with van der Waals surface area (Å²) < 4.78 is 15.6. The predicted octanol–water partition coefficient (Wildman–Crippen LogP) is 5.19. The van der Waals surface area contributed by atoms with E-state index in [4.69, 9.17) is 0 Å². The lowest BCUT2D eigenvalue weighted by Crippen LogP contribution is -2.14. The monoisotopic (exact) mass is 432 g/mol. The molecule has 0 bridgehead atoms. The van der Waals surface area contributed by atoms with Gasteiger partial charge in [-0.05, 0) is 55.8 Å². The fourth-order valence-electron chi connectivity index (χ4n) is 3.31. The lowest BCUT2D eigenvalue weighted by Gasteiger charge is -2.08. The summed E-state index contributed by atoms with van der Waals surface area (Å²) in [5.74, 6) is 0. The van der Waals surface area contributed by atoms with E-state index in [0.29, 0.717) is 6.54 Å². The molecule has 0 spiro atoms. The Kier molecular flexibility index (Phi) is 6.25. The van der Waals surface area contributed by atoms with Gasteiger partial charge in [-0.25, -0.2) is 0 Å². The van der Waals surface area contributed by atoms with Gasteiger partial charge >= 0.3 is 11.4 Å². The summed E-state index contributed by atoms with van der Waals surface area (Å²) in [6, 6.07) is 22.2. The summed E-state index contributed by atoms with van der Waals surface area (Å²) in [5.41, 5.74) is 7.01. The van der Waals surface area contributed by atoms with Crippen LogP contribution >= 0.6 is 0 Å². The molecule has 31 heavy (non-hydrogen) atoms. The zero-order valence-electron chi connectivity index (χ0n) is 17.8. The molecule has 4 aromatic rings. The Hall–Kier alpha value is -3.29. The highest BCUT2D eigenvalue weighted by molar-refractivity contribution is 7.92. The Morgan fingerprint density at radius 1 is 0.968 bits per heavy atom. The second-order valence-electron chi connectivity index (χ2n) is 7.35. The quantitative estimate of drug-likeness (QED) is 0.351. The number of aryl methyl sites for hydroxylation is 2. The van der Waals surface area contributed by atoms with Crippen molar-refractivity contribution in [1.29, 1.82) is 0 Å².